The fourth-order valence-corrected chi connectivity index (χ4v) is 2.49. The minimum atomic E-state index is -0.814. The summed E-state index contributed by atoms with van der Waals surface area (Å²) in [7, 11) is 0. The molecule has 8 nitrogen and oxygen atoms in total. The highest BCUT2D eigenvalue weighted by molar-refractivity contribution is 5.88. The van der Waals surface area contributed by atoms with Crippen LogP contribution in [0.1, 0.15) is 18.7 Å². The number of anilines is 1. The Labute approximate surface area is 139 Å². The molecule has 1 unspecified atom stereocenters. The van der Waals surface area contributed by atoms with E-state index in [0.717, 1.165) is 12.1 Å². The summed E-state index contributed by atoms with van der Waals surface area (Å²) >= 11 is 0. The Morgan fingerprint density at radius 3 is 2.80 bits per heavy atom. The second-order valence-electron chi connectivity index (χ2n) is 5.27. The summed E-state index contributed by atoms with van der Waals surface area (Å²) in [4.78, 5) is 8.57. The van der Waals surface area contributed by atoms with E-state index >= 15 is 0 Å². The number of rotatable bonds is 4. The van der Waals surface area contributed by atoms with E-state index in [1.807, 2.05) is 0 Å². The third kappa shape index (κ3) is 2.67. The number of hydrogen-bond acceptors (Lipinski definition) is 7. The summed E-state index contributed by atoms with van der Waals surface area (Å²) in [5.41, 5.74) is 0.438. The summed E-state index contributed by atoms with van der Waals surface area (Å²) in [6, 6.07) is 1.50. The van der Waals surface area contributed by atoms with Gasteiger partial charge in [-0.1, -0.05) is 10.4 Å². The molecular weight excluding hydrogens is 332 g/mol. The van der Waals surface area contributed by atoms with E-state index in [1.54, 1.807) is 13.1 Å². The van der Waals surface area contributed by atoms with Gasteiger partial charge in [0, 0.05) is 18.5 Å². The van der Waals surface area contributed by atoms with E-state index < -0.39 is 17.7 Å². The van der Waals surface area contributed by atoms with E-state index in [-0.39, 0.29) is 16.8 Å². The minimum Gasteiger partial charge on any atom is -0.358 e. The second kappa shape index (κ2) is 5.89. The SMILES string of the molecule is CC(Nc1noc2c(F)cc(F)cc12)c1nccnc1-n1ccnn1. The van der Waals surface area contributed by atoms with Gasteiger partial charge in [0.1, 0.15) is 11.5 Å². The van der Waals surface area contributed by atoms with Crippen LogP contribution in [0.2, 0.25) is 0 Å². The number of hydrogen-bond donors (Lipinski definition) is 1. The van der Waals surface area contributed by atoms with Crippen molar-refractivity contribution in [2.75, 3.05) is 5.32 Å². The van der Waals surface area contributed by atoms with Gasteiger partial charge in [0.2, 0.25) is 5.58 Å². The van der Waals surface area contributed by atoms with Crippen LogP contribution < -0.4 is 5.32 Å². The first-order valence-corrected chi connectivity index (χ1v) is 7.32. The molecule has 1 aromatic carbocycles. The first-order valence-electron chi connectivity index (χ1n) is 7.32. The summed E-state index contributed by atoms with van der Waals surface area (Å²) < 4.78 is 33.6. The van der Waals surface area contributed by atoms with Crippen LogP contribution in [0.15, 0.2) is 41.4 Å². The van der Waals surface area contributed by atoms with Crippen molar-refractivity contribution in [3.05, 3.63) is 54.2 Å². The zero-order valence-electron chi connectivity index (χ0n) is 12.9. The van der Waals surface area contributed by atoms with Crippen molar-refractivity contribution in [1.82, 2.24) is 30.1 Å². The largest absolute Gasteiger partial charge is 0.358 e. The third-order valence-corrected chi connectivity index (χ3v) is 3.60. The van der Waals surface area contributed by atoms with Gasteiger partial charge in [-0.15, -0.1) is 5.10 Å². The molecule has 0 radical (unpaired) electrons. The Bertz CT molecular complexity index is 1030. The van der Waals surface area contributed by atoms with Gasteiger partial charge in [-0.05, 0) is 13.0 Å². The number of halogens is 2. The van der Waals surface area contributed by atoms with Crippen LogP contribution in [0.3, 0.4) is 0 Å². The highest BCUT2D eigenvalue weighted by Gasteiger charge is 2.20. The maximum absolute atomic E-state index is 13.7. The highest BCUT2D eigenvalue weighted by atomic mass is 19.1. The molecule has 3 heterocycles. The topological polar surface area (TPSA) is 94.6 Å². The molecule has 4 rings (SSSR count). The van der Waals surface area contributed by atoms with Gasteiger partial charge in [0.05, 0.1) is 23.8 Å². The van der Waals surface area contributed by atoms with Gasteiger partial charge in [-0.2, -0.15) is 0 Å². The molecule has 25 heavy (non-hydrogen) atoms. The summed E-state index contributed by atoms with van der Waals surface area (Å²) in [5, 5.41) is 14.7. The number of nitrogens with one attached hydrogen (secondary N) is 1. The zero-order chi connectivity index (χ0) is 17.4. The van der Waals surface area contributed by atoms with Crippen LogP contribution in [-0.4, -0.2) is 30.1 Å². The van der Waals surface area contributed by atoms with Crippen LogP contribution in [0.5, 0.6) is 0 Å². The van der Waals surface area contributed by atoms with E-state index in [0.29, 0.717) is 11.5 Å². The van der Waals surface area contributed by atoms with Crippen LogP contribution in [0.25, 0.3) is 16.8 Å². The summed E-state index contributed by atoms with van der Waals surface area (Å²) in [5.74, 6) is -0.848. The molecule has 0 aliphatic heterocycles. The molecule has 1 atom stereocenters. The van der Waals surface area contributed by atoms with Crippen molar-refractivity contribution in [2.45, 2.75) is 13.0 Å². The molecule has 0 aliphatic rings. The van der Waals surface area contributed by atoms with Gasteiger partial charge in [0.25, 0.3) is 0 Å². The summed E-state index contributed by atoms with van der Waals surface area (Å²) in [6.07, 6.45) is 6.22. The van der Waals surface area contributed by atoms with E-state index in [9.17, 15) is 8.78 Å². The maximum atomic E-state index is 13.7. The number of nitrogens with zero attached hydrogens (tertiary/aromatic N) is 6. The van der Waals surface area contributed by atoms with Crippen molar-refractivity contribution >= 4 is 16.8 Å². The molecule has 4 aromatic rings. The van der Waals surface area contributed by atoms with Crippen molar-refractivity contribution in [1.29, 1.82) is 0 Å². The Morgan fingerprint density at radius 1 is 1.16 bits per heavy atom. The highest BCUT2D eigenvalue weighted by Crippen LogP contribution is 2.29. The lowest BCUT2D eigenvalue weighted by molar-refractivity contribution is 0.441. The number of benzene rings is 1. The quantitative estimate of drug-likeness (QED) is 0.608. The smallest absolute Gasteiger partial charge is 0.204 e. The zero-order valence-corrected chi connectivity index (χ0v) is 12.9. The first-order chi connectivity index (χ1) is 12.1. The van der Waals surface area contributed by atoms with Crippen LogP contribution in [-0.2, 0) is 0 Å². The van der Waals surface area contributed by atoms with Crippen molar-refractivity contribution in [2.24, 2.45) is 0 Å². The molecule has 0 amide bonds. The Balaban J connectivity index is 1.71. The average Bonchev–Trinajstić information content (AvgIpc) is 3.25. The lowest BCUT2D eigenvalue weighted by Crippen LogP contribution is -2.14. The predicted octanol–water partition coefficient (Wildman–Crippen LogP) is 2.65. The van der Waals surface area contributed by atoms with Crippen molar-refractivity contribution in [3.63, 3.8) is 0 Å². The maximum Gasteiger partial charge on any atom is 0.204 e. The third-order valence-electron chi connectivity index (χ3n) is 3.60. The number of aromatic nitrogens is 6. The molecule has 1 N–H and O–H groups in total. The number of fused-ring (bicyclic) bond motifs is 1. The lowest BCUT2D eigenvalue weighted by Gasteiger charge is -2.15. The van der Waals surface area contributed by atoms with E-state index in [1.165, 1.54) is 23.3 Å². The van der Waals surface area contributed by atoms with Crippen LogP contribution >= 0.6 is 0 Å². The van der Waals surface area contributed by atoms with Crippen molar-refractivity contribution in [3.8, 4) is 5.82 Å². The molecular formula is C15H11F2N7O. The van der Waals surface area contributed by atoms with Crippen LogP contribution in [0, 0.1) is 11.6 Å². The molecule has 0 fully saturated rings. The Kier molecular flexibility index (Phi) is 3.56. The fourth-order valence-electron chi connectivity index (χ4n) is 2.49. The van der Waals surface area contributed by atoms with Gasteiger partial charge >= 0.3 is 0 Å². The Morgan fingerprint density at radius 2 is 2.00 bits per heavy atom. The van der Waals surface area contributed by atoms with Crippen molar-refractivity contribution < 1.29 is 13.3 Å². The normalized spacial score (nSPS) is 12.4. The average molecular weight is 343 g/mol. The van der Waals surface area contributed by atoms with E-state index in [4.69, 9.17) is 4.52 Å². The van der Waals surface area contributed by atoms with Crippen LogP contribution in [0.4, 0.5) is 14.6 Å². The van der Waals surface area contributed by atoms with Gasteiger partial charge in [-0.3, -0.25) is 4.98 Å². The minimum absolute atomic E-state index is 0.119. The monoisotopic (exact) mass is 343 g/mol. The first kappa shape index (κ1) is 15.1. The molecule has 10 heteroatoms. The molecule has 3 aromatic heterocycles. The molecule has 0 bridgehead atoms. The summed E-state index contributed by atoms with van der Waals surface area (Å²) in [6.45, 7) is 1.81. The van der Waals surface area contributed by atoms with Gasteiger partial charge in [-0.25, -0.2) is 18.4 Å². The van der Waals surface area contributed by atoms with Gasteiger partial charge in [0.15, 0.2) is 17.5 Å². The molecule has 0 saturated heterocycles. The molecule has 126 valence electrons. The van der Waals surface area contributed by atoms with Gasteiger partial charge < -0.3 is 9.84 Å². The standard InChI is InChI=1S/C15H11F2N7O/c1-8(12-15(19-3-2-18-12)24-5-4-20-23-24)21-14-10-6-9(16)7-11(17)13(10)25-22-14/h2-8H,1H3,(H,21,22). The molecule has 0 spiro atoms. The molecule has 0 aliphatic carbocycles. The lowest BCUT2D eigenvalue weighted by atomic mass is 10.2. The predicted molar refractivity (Wildman–Crippen MR) is 82.9 cm³/mol. The fraction of sp³-hybridized carbons (Fsp3) is 0.133. The Hall–Kier alpha value is -3.43. The second-order valence-corrected chi connectivity index (χ2v) is 5.27. The molecule has 0 saturated carbocycles. The van der Waals surface area contributed by atoms with E-state index in [2.05, 4.69) is 30.8 Å².